The molecule has 21 heavy (non-hydrogen) atoms. The van der Waals surface area contributed by atoms with Crippen LogP contribution in [-0.4, -0.2) is 17.5 Å². The molecule has 0 spiro atoms. The van der Waals surface area contributed by atoms with Crippen LogP contribution in [0.2, 0.25) is 0 Å². The molecule has 2 heterocycles. The number of nitrogens with one attached hydrogen (secondary N) is 1. The largest absolute Gasteiger partial charge is 0.493 e. The molecular formula is C17H18N2O2. The van der Waals surface area contributed by atoms with E-state index in [2.05, 4.69) is 10.3 Å². The van der Waals surface area contributed by atoms with Gasteiger partial charge in [-0.15, -0.1) is 0 Å². The van der Waals surface area contributed by atoms with Gasteiger partial charge in [-0.05, 0) is 43.0 Å². The number of rotatable bonds is 3. The van der Waals surface area contributed by atoms with Crippen molar-refractivity contribution in [1.29, 1.82) is 0 Å². The monoisotopic (exact) mass is 282 g/mol. The topological polar surface area (TPSA) is 51.2 Å². The zero-order chi connectivity index (χ0) is 14.7. The minimum absolute atomic E-state index is 0.0299. The van der Waals surface area contributed by atoms with Crippen molar-refractivity contribution in [3.8, 4) is 5.75 Å². The van der Waals surface area contributed by atoms with Crippen molar-refractivity contribution >= 4 is 11.6 Å². The minimum Gasteiger partial charge on any atom is -0.493 e. The molecular weight excluding hydrogens is 264 g/mol. The molecule has 1 atom stereocenters. The second-order valence-electron chi connectivity index (χ2n) is 5.31. The van der Waals surface area contributed by atoms with E-state index >= 15 is 0 Å². The predicted molar refractivity (Wildman–Crippen MR) is 81.5 cm³/mol. The number of hydrogen-bond donors (Lipinski definition) is 1. The molecule has 1 aliphatic heterocycles. The number of hydrogen-bond acceptors (Lipinski definition) is 3. The Morgan fingerprint density at radius 2 is 2.24 bits per heavy atom. The van der Waals surface area contributed by atoms with E-state index in [1.807, 2.05) is 43.3 Å². The minimum atomic E-state index is 0.0299. The smallest absolute Gasteiger partial charge is 0.224 e. The molecule has 1 aliphatic rings. The van der Waals surface area contributed by atoms with E-state index in [4.69, 9.17) is 4.74 Å². The van der Waals surface area contributed by atoms with Crippen LogP contribution in [0.15, 0.2) is 42.6 Å². The highest BCUT2D eigenvalue weighted by molar-refractivity contribution is 5.91. The standard InChI is InChI=1S/C17H18N2O2/c1-12-10-14(6-8-18-12)19-17(20)11-13-7-9-21-16-5-3-2-4-15(13)16/h2-6,8,10,13H,7,9,11H2,1H3,(H,18,19,20). The Hall–Kier alpha value is -2.36. The second kappa shape index (κ2) is 5.95. The van der Waals surface area contributed by atoms with Crippen LogP contribution in [0.5, 0.6) is 5.75 Å². The number of ether oxygens (including phenoxy) is 1. The van der Waals surface area contributed by atoms with Crippen LogP contribution in [0.25, 0.3) is 0 Å². The Kier molecular flexibility index (Phi) is 3.86. The molecule has 108 valence electrons. The van der Waals surface area contributed by atoms with Gasteiger partial charge in [0.2, 0.25) is 5.91 Å². The van der Waals surface area contributed by atoms with Crippen molar-refractivity contribution in [2.24, 2.45) is 0 Å². The lowest BCUT2D eigenvalue weighted by Crippen LogP contribution is -2.20. The number of carbonyl (C=O) groups excluding carboxylic acids is 1. The van der Waals surface area contributed by atoms with E-state index in [-0.39, 0.29) is 11.8 Å². The van der Waals surface area contributed by atoms with Gasteiger partial charge in [-0.3, -0.25) is 9.78 Å². The fourth-order valence-corrected chi connectivity index (χ4v) is 2.69. The number of nitrogens with zero attached hydrogens (tertiary/aromatic N) is 1. The van der Waals surface area contributed by atoms with Crippen molar-refractivity contribution in [1.82, 2.24) is 4.98 Å². The molecule has 1 N–H and O–H groups in total. The molecule has 4 nitrogen and oxygen atoms in total. The first kappa shape index (κ1) is 13.6. The van der Waals surface area contributed by atoms with Crippen molar-refractivity contribution < 1.29 is 9.53 Å². The van der Waals surface area contributed by atoms with Gasteiger partial charge in [0.05, 0.1) is 6.61 Å². The number of benzene rings is 1. The van der Waals surface area contributed by atoms with Gasteiger partial charge < -0.3 is 10.1 Å². The van der Waals surface area contributed by atoms with E-state index < -0.39 is 0 Å². The number of amides is 1. The molecule has 0 aliphatic carbocycles. The third kappa shape index (κ3) is 3.21. The first-order chi connectivity index (χ1) is 10.2. The highest BCUT2D eigenvalue weighted by atomic mass is 16.5. The molecule has 3 rings (SSSR count). The molecule has 1 aromatic carbocycles. The van der Waals surface area contributed by atoms with Gasteiger partial charge in [0, 0.05) is 24.0 Å². The third-order valence-electron chi connectivity index (χ3n) is 3.69. The number of fused-ring (bicyclic) bond motifs is 1. The third-order valence-corrected chi connectivity index (χ3v) is 3.69. The quantitative estimate of drug-likeness (QED) is 0.940. The lowest BCUT2D eigenvalue weighted by atomic mass is 9.90. The summed E-state index contributed by atoms with van der Waals surface area (Å²) >= 11 is 0. The van der Waals surface area contributed by atoms with Gasteiger partial charge in [-0.1, -0.05) is 18.2 Å². The Labute approximate surface area is 124 Å². The fourth-order valence-electron chi connectivity index (χ4n) is 2.69. The van der Waals surface area contributed by atoms with Gasteiger partial charge in [0.1, 0.15) is 5.75 Å². The summed E-state index contributed by atoms with van der Waals surface area (Å²) in [6.45, 7) is 2.58. The number of anilines is 1. The molecule has 0 fully saturated rings. The normalized spacial score (nSPS) is 16.7. The van der Waals surface area contributed by atoms with Crippen molar-refractivity contribution in [2.45, 2.75) is 25.7 Å². The Morgan fingerprint density at radius 3 is 3.10 bits per heavy atom. The van der Waals surface area contributed by atoms with Crippen LogP contribution in [0.1, 0.15) is 30.0 Å². The zero-order valence-electron chi connectivity index (χ0n) is 12.0. The summed E-state index contributed by atoms with van der Waals surface area (Å²) < 4.78 is 5.63. The predicted octanol–water partition coefficient (Wildman–Crippen LogP) is 3.28. The summed E-state index contributed by atoms with van der Waals surface area (Å²) in [5.41, 5.74) is 2.82. The van der Waals surface area contributed by atoms with Crippen molar-refractivity contribution in [3.05, 3.63) is 53.9 Å². The highest BCUT2D eigenvalue weighted by Gasteiger charge is 2.23. The van der Waals surface area contributed by atoms with Gasteiger partial charge in [-0.2, -0.15) is 0 Å². The SMILES string of the molecule is Cc1cc(NC(=O)CC2CCOc3ccccc32)ccn1. The number of aryl methyl sites for hydroxylation is 1. The van der Waals surface area contributed by atoms with E-state index in [9.17, 15) is 4.79 Å². The molecule has 0 bridgehead atoms. The van der Waals surface area contributed by atoms with Gasteiger partial charge in [-0.25, -0.2) is 0 Å². The summed E-state index contributed by atoms with van der Waals surface area (Å²) in [6.07, 6.45) is 3.05. The van der Waals surface area contributed by atoms with E-state index in [1.54, 1.807) is 6.20 Å². The van der Waals surface area contributed by atoms with Crippen LogP contribution in [0.3, 0.4) is 0 Å². The first-order valence-electron chi connectivity index (χ1n) is 7.16. The molecule has 1 unspecified atom stereocenters. The molecule has 0 saturated carbocycles. The van der Waals surface area contributed by atoms with Crippen LogP contribution < -0.4 is 10.1 Å². The molecule has 1 amide bonds. The van der Waals surface area contributed by atoms with Gasteiger partial charge in [0.15, 0.2) is 0 Å². The van der Waals surface area contributed by atoms with Gasteiger partial charge >= 0.3 is 0 Å². The molecule has 1 aromatic heterocycles. The average Bonchev–Trinajstić information content (AvgIpc) is 2.47. The summed E-state index contributed by atoms with van der Waals surface area (Å²) in [7, 11) is 0. The summed E-state index contributed by atoms with van der Waals surface area (Å²) in [5.74, 6) is 1.15. The number of aromatic nitrogens is 1. The summed E-state index contributed by atoms with van der Waals surface area (Å²) in [5, 5.41) is 2.94. The molecule has 4 heteroatoms. The first-order valence-corrected chi connectivity index (χ1v) is 7.16. The maximum atomic E-state index is 12.2. The van der Waals surface area contributed by atoms with Crippen LogP contribution >= 0.6 is 0 Å². The lowest BCUT2D eigenvalue weighted by molar-refractivity contribution is -0.116. The van der Waals surface area contributed by atoms with Gasteiger partial charge in [0.25, 0.3) is 0 Å². The Bertz CT molecular complexity index is 655. The number of carbonyl (C=O) groups is 1. The summed E-state index contributed by atoms with van der Waals surface area (Å²) in [4.78, 5) is 16.4. The number of pyridine rings is 1. The van der Waals surface area contributed by atoms with E-state index in [0.29, 0.717) is 13.0 Å². The van der Waals surface area contributed by atoms with E-state index in [1.165, 1.54) is 0 Å². The Morgan fingerprint density at radius 1 is 1.38 bits per heavy atom. The maximum Gasteiger partial charge on any atom is 0.224 e. The second-order valence-corrected chi connectivity index (χ2v) is 5.31. The van der Waals surface area contributed by atoms with Crippen molar-refractivity contribution in [3.63, 3.8) is 0 Å². The Balaban J connectivity index is 1.68. The average molecular weight is 282 g/mol. The molecule has 0 saturated heterocycles. The van der Waals surface area contributed by atoms with Crippen molar-refractivity contribution in [2.75, 3.05) is 11.9 Å². The number of para-hydroxylation sites is 1. The fraction of sp³-hybridized carbons (Fsp3) is 0.294. The van der Waals surface area contributed by atoms with E-state index in [0.717, 1.165) is 29.1 Å². The van der Waals surface area contributed by atoms with Crippen LogP contribution in [0, 0.1) is 6.92 Å². The molecule has 0 radical (unpaired) electrons. The van der Waals surface area contributed by atoms with Crippen LogP contribution in [0.4, 0.5) is 5.69 Å². The summed E-state index contributed by atoms with van der Waals surface area (Å²) in [6, 6.07) is 11.6. The molecule has 2 aromatic rings. The zero-order valence-corrected chi connectivity index (χ0v) is 12.0. The lowest BCUT2D eigenvalue weighted by Gasteiger charge is -2.25. The van der Waals surface area contributed by atoms with Crippen LogP contribution in [-0.2, 0) is 4.79 Å². The highest BCUT2D eigenvalue weighted by Crippen LogP contribution is 2.35. The maximum absolute atomic E-state index is 12.2.